The third kappa shape index (κ3) is 3.71. The monoisotopic (exact) mass is 215 g/mol. The Morgan fingerprint density at radius 3 is 2.33 bits per heavy atom. The van der Waals surface area contributed by atoms with Gasteiger partial charge in [-0.1, -0.05) is 4.47 Å². The molecular formula is C6H14ClNO3S. The summed E-state index contributed by atoms with van der Waals surface area (Å²) in [7, 11) is -3.31. The summed E-state index contributed by atoms with van der Waals surface area (Å²) in [4.78, 5) is 4.90. The fraction of sp³-hybridized carbons (Fsp3) is 1.00. The number of hydrogen-bond acceptors (Lipinski definition) is 3. The van der Waals surface area contributed by atoms with Gasteiger partial charge in [0, 0.05) is 12.4 Å². The van der Waals surface area contributed by atoms with Crippen LogP contribution in [0.3, 0.4) is 0 Å². The van der Waals surface area contributed by atoms with Gasteiger partial charge in [-0.2, -0.15) is 0 Å². The minimum atomic E-state index is -3.31. The van der Waals surface area contributed by atoms with Crippen molar-refractivity contribution in [2.45, 2.75) is 13.8 Å². The number of halogens is 1. The Kier molecular flexibility index (Phi) is 5.82. The Balaban J connectivity index is 4.27. The minimum Gasteiger partial charge on any atom is -0.285 e. The predicted octanol–water partition coefficient (Wildman–Crippen LogP) is 0.828. The van der Waals surface area contributed by atoms with Crippen molar-refractivity contribution in [3.63, 3.8) is 0 Å². The molecule has 0 aliphatic carbocycles. The van der Waals surface area contributed by atoms with Crippen molar-refractivity contribution in [2.24, 2.45) is 0 Å². The fourth-order valence-corrected chi connectivity index (χ4v) is 2.35. The Bertz CT molecular complexity index is 205. The minimum absolute atomic E-state index is 0.0810. The molecule has 0 bridgehead atoms. The van der Waals surface area contributed by atoms with Gasteiger partial charge in [-0.3, -0.25) is 4.84 Å². The molecule has 0 amide bonds. The molecule has 12 heavy (non-hydrogen) atoms. The molecule has 0 unspecified atom stereocenters. The van der Waals surface area contributed by atoms with Crippen molar-refractivity contribution >= 4 is 21.6 Å². The first-order chi connectivity index (χ1) is 5.58. The normalized spacial score (nSPS) is 12.3. The van der Waals surface area contributed by atoms with E-state index in [9.17, 15) is 8.42 Å². The second-order valence-corrected chi connectivity index (χ2v) is 4.40. The van der Waals surface area contributed by atoms with Crippen LogP contribution in [0.4, 0.5) is 0 Å². The van der Waals surface area contributed by atoms with Crippen LogP contribution in [-0.2, 0) is 14.9 Å². The van der Waals surface area contributed by atoms with E-state index in [4.69, 9.17) is 16.4 Å². The second-order valence-electron chi connectivity index (χ2n) is 2.04. The highest BCUT2D eigenvalue weighted by Gasteiger charge is 2.19. The van der Waals surface area contributed by atoms with Crippen LogP contribution in [0.5, 0.6) is 0 Å². The zero-order valence-corrected chi connectivity index (χ0v) is 8.86. The predicted molar refractivity (Wildman–Crippen MR) is 48.5 cm³/mol. The number of hydroxylamine groups is 1. The molecule has 0 aromatic heterocycles. The molecule has 6 heteroatoms. The van der Waals surface area contributed by atoms with Gasteiger partial charge in [-0.15, -0.1) is 11.6 Å². The topological polar surface area (TPSA) is 46.6 Å². The summed E-state index contributed by atoms with van der Waals surface area (Å²) in [5, 5.41) is 0. The third-order valence-corrected chi connectivity index (χ3v) is 3.29. The van der Waals surface area contributed by atoms with Crippen LogP contribution in [0.15, 0.2) is 0 Å². The van der Waals surface area contributed by atoms with E-state index in [1.54, 1.807) is 13.8 Å². The van der Waals surface area contributed by atoms with Gasteiger partial charge in [-0.05, 0) is 13.8 Å². The summed E-state index contributed by atoms with van der Waals surface area (Å²) < 4.78 is 23.5. The van der Waals surface area contributed by atoms with Gasteiger partial charge in [0.1, 0.15) is 0 Å². The molecule has 0 atom stereocenters. The van der Waals surface area contributed by atoms with Crippen LogP contribution in [0.1, 0.15) is 13.8 Å². The Morgan fingerprint density at radius 1 is 1.42 bits per heavy atom. The molecule has 0 fully saturated rings. The van der Waals surface area contributed by atoms with Gasteiger partial charge >= 0.3 is 0 Å². The molecule has 0 aliphatic heterocycles. The molecule has 0 saturated carbocycles. The largest absolute Gasteiger partial charge is 0.285 e. The van der Waals surface area contributed by atoms with E-state index in [-0.39, 0.29) is 11.6 Å². The Morgan fingerprint density at radius 2 is 2.00 bits per heavy atom. The number of nitrogens with zero attached hydrogens (tertiary/aromatic N) is 1. The van der Waals surface area contributed by atoms with Crippen LogP contribution < -0.4 is 0 Å². The molecule has 74 valence electrons. The summed E-state index contributed by atoms with van der Waals surface area (Å²) in [6.45, 7) is 4.10. The lowest BCUT2D eigenvalue weighted by Crippen LogP contribution is -2.33. The van der Waals surface area contributed by atoms with E-state index in [1.807, 2.05) is 0 Å². The second kappa shape index (κ2) is 5.75. The van der Waals surface area contributed by atoms with Gasteiger partial charge in [0.15, 0.2) is 0 Å². The van der Waals surface area contributed by atoms with Crippen LogP contribution >= 0.6 is 11.6 Å². The Hall–Kier alpha value is 0.160. The number of alkyl halides is 1. The molecule has 0 spiro atoms. The molecule has 0 saturated heterocycles. The summed E-state index contributed by atoms with van der Waals surface area (Å²) in [5.74, 6) is 0.00824. The zero-order chi connectivity index (χ0) is 9.61. The van der Waals surface area contributed by atoms with Crippen molar-refractivity contribution in [2.75, 3.05) is 24.8 Å². The van der Waals surface area contributed by atoms with Crippen molar-refractivity contribution in [1.82, 2.24) is 4.47 Å². The van der Waals surface area contributed by atoms with Gasteiger partial charge < -0.3 is 0 Å². The van der Waals surface area contributed by atoms with E-state index in [1.165, 1.54) is 0 Å². The summed E-state index contributed by atoms with van der Waals surface area (Å²) in [5.41, 5.74) is 0. The van der Waals surface area contributed by atoms with E-state index in [2.05, 4.69) is 0 Å². The first kappa shape index (κ1) is 12.2. The summed E-state index contributed by atoms with van der Waals surface area (Å²) in [6, 6.07) is 0. The van der Waals surface area contributed by atoms with Gasteiger partial charge in [0.05, 0.1) is 12.4 Å². The van der Waals surface area contributed by atoms with Crippen LogP contribution in [0.25, 0.3) is 0 Å². The fourth-order valence-electron chi connectivity index (χ4n) is 0.712. The summed E-state index contributed by atoms with van der Waals surface area (Å²) in [6.07, 6.45) is 0. The SMILES string of the molecule is CCON(CC)S(=O)(=O)CCCl. The van der Waals surface area contributed by atoms with E-state index in [0.29, 0.717) is 13.2 Å². The van der Waals surface area contributed by atoms with E-state index < -0.39 is 10.0 Å². The Labute approximate surface area is 78.5 Å². The molecule has 0 aliphatic rings. The average molecular weight is 216 g/mol. The highest BCUT2D eigenvalue weighted by Crippen LogP contribution is 2.02. The first-order valence-corrected chi connectivity index (χ1v) is 5.92. The zero-order valence-electron chi connectivity index (χ0n) is 7.29. The average Bonchev–Trinajstić information content (AvgIpc) is 1.99. The maximum absolute atomic E-state index is 11.3. The maximum Gasteiger partial charge on any atom is 0.237 e. The van der Waals surface area contributed by atoms with Crippen LogP contribution in [0.2, 0.25) is 0 Å². The summed E-state index contributed by atoms with van der Waals surface area (Å²) >= 11 is 5.33. The maximum atomic E-state index is 11.3. The van der Waals surface area contributed by atoms with E-state index >= 15 is 0 Å². The highest BCUT2D eigenvalue weighted by molar-refractivity contribution is 7.89. The first-order valence-electron chi connectivity index (χ1n) is 3.77. The third-order valence-electron chi connectivity index (χ3n) is 1.18. The molecule has 0 rings (SSSR count). The molecule has 0 aromatic carbocycles. The van der Waals surface area contributed by atoms with Gasteiger partial charge in [0.25, 0.3) is 0 Å². The smallest absolute Gasteiger partial charge is 0.237 e. The van der Waals surface area contributed by atoms with Crippen molar-refractivity contribution < 1.29 is 13.3 Å². The number of sulfonamides is 1. The highest BCUT2D eigenvalue weighted by atomic mass is 35.5. The van der Waals surface area contributed by atoms with E-state index in [0.717, 1.165) is 4.47 Å². The van der Waals surface area contributed by atoms with Gasteiger partial charge in [-0.25, -0.2) is 8.42 Å². The van der Waals surface area contributed by atoms with Crippen molar-refractivity contribution in [3.8, 4) is 0 Å². The molecule has 0 heterocycles. The quantitative estimate of drug-likeness (QED) is 0.487. The van der Waals surface area contributed by atoms with Gasteiger partial charge in [0.2, 0.25) is 10.0 Å². The molecular weight excluding hydrogens is 202 g/mol. The van der Waals surface area contributed by atoms with Crippen molar-refractivity contribution in [1.29, 1.82) is 0 Å². The number of hydrogen-bond donors (Lipinski definition) is 0. The molecule has 0 aromatic rings. The van der Waals surface area contributed by atoms with Crippen LogP contribution in [0, 0.1) is 0 Å². The molecule has 0 radical (unpaired) electrons. The lowest BCUT2D eigenvalue weighted by atomic mass is 10.8. The van der Waals surface area contributed by atoms with Crippen LogP contribution in [-0.4, -0.2) is 37.7 Å². The molecule has 0 N–H and O–H groups in total. The lowest BCUT2D eigenvalue weighted by molar-refractivity contribution is -0.0741. The van der Waals surface area contributed by atoms with Crippen molar-refractivity contribution in [3.05, 3.63) is 0 Å². The molecule has 4 nitrogen and oxygen atoms in total. The number of rotatable bonds is 6. The lowest BCUT2D eigenvalue weighted by Gasteiger charge is -2.17. The standard InChI is InChI=1S/C6H14ClNO3S/c1-3-8(11-4-2)12(9,10)6-5-7/h3-6H2,1-2H3.